The molecule has 162 valence electrons. The minimum absolute atomic E-state index is 0.0188. The average molecular weight is 425 g/mol. The van der Waals surface area contributed by atoms with E-state index < -0.39 is 17.9 Å². The predicted molar refractivity (Wildman–Crippen MR) is 112 cm³/mol. The van der Waals surface area contributed by atoms with E-state index in [0.29, 0.717) is 5.56 Å². The highest BCUT2D eigenvalue weighted by Crippen LogP contribution is 2.19. The molecule has 1 N–H and O–H groups in total. The summed E-state index contributed by atoms with van der Waals surface area (Å²) in [7, 11) is 0. The monoisotopic (exact) mass is 425 g/mol. The van der Waals surface area contributed by atoms with E-state index in [4.69, 9.17) is 4.74 Å². The van der Waals surface area contributed by atoms with Crippen molar-refractivity contribution in [2.24, 2.45) is 5.10 Å². The first kappa shape index (κ1) is 22.1. The first-order valence-corrected chi connectivity index (χ1v) is 10.1. The summed E-state index contributed by atoms with van der Waals surface area (Å²) in [6, 6.07) is 14.3. The van der Waals surface area contributed by atoms with Gasteiger partial charge in [-0.1, -0.05) is 42.5 Å². The lowest BCUT2D eigenvalue weighted by Gasteiger charge is -2.25. The summed E-state index contributed by atoms with van der Waals surface area (Å²) >= 11 is 0. The Morgan fingerprint density at radius 2 is 1.84 bits per heavy atom. The number of hydrazone groups is 1. The molecule has 1 unspecified atom stereocenters. The van der Waals surface area contributed by atoms with Gasteiger partial charge in [-0.25, -0.2) is 9.40 Å². The van der Waals surface area contributed by atoms with Gasteiger partial charge in [0.05, 0.1) is 25.6 Å². The second kappa shape index (κ2) is 10.5. The Morgan fingerprint density at radius 1 is 1.13 bits per heavy atom. The standard InChI is InChI=1S/C23H24FN3O4/c1-2-31-22(29)14-20(17-6-4-3-5-7-17)25-23(30)19-12-13-21(28)27(26-19)15-16-8-10-18(24)11-9-16/h3-11,20H,2,12-15H2,1H3,(H,25,30). The van der Waals surface area contributed by atoms with Crippen LogP contribution in [0.4, 0.5) is 4.39 Å². The first-order valence-electron chi connectivity index (χ1n) is 10.1. The Kier molecular flexibility index (Phi) is 7.48. The molecule has 8 heteroatoms. The van der Waals surface area contributed by atoms with Crippen molar-refractivity contribution in [1.29, 1.82) is 0 Å². The zero-order chi connectivity index (χ0) is 22.2. The number of hydrogen-bond donors (Lipinski definition) is 1. The molecular weight excluding hydrogens is 401 g/mol. The van der Waals surface area contributed by atoms with Crippen LogP contribution in [0.25, 0.3) is 0 Å². The molecule has 2 aromatic rings. The van der Waals surface area contributed by atoms with Crippen LogP contribution in [-0.2, 0) is 25.7 Å². The quantitative estimate of drug-likeness (QED) is 0.659. The van der Waals surface area contributed by atoms with Crippen molar-refractivity contribution in [3.63, 3.8) is 0 Å². The van der Waals surface area contributed by atoms with Crippen LogP contribution in [0.3, 0.4) is 0 Å². The van der Waals surface area contributed by atoms with Gasteiger partial charge in [-0.3, -0.25) is 14.4 Å². The molecule has 31 heavy (non-hydrogen) atoms. The highest BCUT2D eigenvalue weighted by atomic mass is 19.1. The topological polar surface area (TPSA) is 88.1 Å². The van der Waals surface area contributed by atoms with E-state index in [9.17, 15) is 18.8 Å². The van der Waals surface area contributed by atoms with E-state index in [0.717, 1.165) is 5.56 Å². The minimum atomic E-state index is -0.585. The van der Waals surface area contributed by atoms with E-state index >= 15 is 0 Å². The van der Waals surface area contributed by atoms with Gasteiger partial charge < -0.3 is 10.1 Å². The number of carbonyl (C=O) groups is 3. The van der Waals surface area contributed by atoms with Crippen LogP contribution < -0.4 is 5.32 Å². The third kappa shape index (κ3) is 6.21. The van der Waals surface area contributed by atoms with Gasteiger partial charge in [-0.05, 0) is 30.2 Å². The van der Waals surface area contributed by atoms with Gasteiger partial charge in [0, 0.05) is 12.8 Å². The number of hydrogen-bond acceptors (Lipinski definition) is 5. The normalized spacial score (nSPS) is 14.6. The molecule has 0 radical (unpaired) electrons. The Balaban J connectivity index is 1.74. The maximum atomic E-state index is 13.1. The fraction of sp³-hybridized carbons (Fsp3) is 0.304. The smallest absolute Gasteiger partial charge is 0.308 e. The second-order valence-corrected chi connectivity index (χ2v) is 7.07. The molecule has 0 fully saturated rings. The van der Waals surface area contributed by atoms with Crippen molar-refractivity contribution in [2.45, 2.75) is 38.8 Å². The summed E-state index contributed by atoms with van der Waals surface area (Å²) in [5, 5.41) is 8.28. The fourth-order valence-corrected chi connectivity index (χ4v) is 3.22. The van der Waals surface area contributed by atoms with E-state index in [-0.39, 0.29) is 49.9 Å². The molecule has 0 aliphatic carbocycles. The summed E-state index contributed by atoms with van der Waals surface area (Å²) < 4.78 is 18.1. The van der Waals surface area contributed by atoms with Gasteiger partial charge in [0.15, 0.2) is 0 Å². The van der Waals surface area contributed by atoms with Gasteiger partial charge in [-0.15, -0.1) is 0 Å². The van der Waals surface area contributed by atoms with Crippen molar-refractivity contribution in [3.05, 3.63) is 71.5 Å². The number of carbonyl (C=O) groups excluding carboxylic acids is 3. The lowest BCUT2D eigenvalue weighted by Crippen LogP contribution is -2.40. The molecule has 0 aromatic heterocycles. The maximum Gasteiger partial charge on any atom is 0.308 e. The highest BCUT2D eigenvalue weighted by molar-refractivity contribution is 6.39. The predicted octanol–water partition coefficient (Wildman–Crippen LogP) is 3.11. The number of ether oxygens (including phenoxy) is 1. The largest absolute Gasteiger partial charge is 0.466 e. The molecule has 1 aliphatic rings. The average Bonchev–Trinajstić information content (AvgIpc) is 2.77. The van der Waals surface area contributed by atoms with Crippen LogP contribution in [0.2, 0.25) is 0 Å². The van der Waals surface area contributed by atoms with Gasteiger partial charge in [0.25, 0.3) is 5.91 Å². The first-order chi connectivity index (χ1) is 15.0. The number of benzene rings is 2. The van der Waals surface area contributed by atoms with Crippen LogP contribution in [0, 0.1) is 5.82 Å². The minimum Gasteiger partial charge on any atom is -0.466 e. The maximum absolute atomic E-state index is 13.1. The van der Waals surface area contributed by atoms with Crippen molar-refractivity contribution in [1.82, 2.24) is 10.3 Å². The lowest BCUT2D eigenvalue weighted by molar-refractivity contribution is -0.143. The summed E-state index contributed by atoms with van der Waals surface area (Å²) in [6.45, 7) is 2.11. The third-order valence-electron chi connectivity index (χ3n) is 4.80. The molecule has 0 saturated heterocycles. The zero-order valence-corrected chi connectivity index (χ0v) is 17.2. The fourth-order valence-electron chi connectivity index (χ4n) is 3.22. The van der Waals surface area contributed by atoms with Crippen molar-refractivity contribution in [2.75, 3.05) is 6.61 Å². The third-order valence-corrected chi connectivity index (χ3v) is 4.80. The van der Waals surface area contributed by atoms with Crippen molar-refractivity contribution in [3.8, 4) is 0 Å². The molecule has 1 aliphatic heterocycles. The van der Waals surface area contributed by atoms with Crippen molar-refractivity contribution >= 4 is 23.5 Å². The number of halogens is 1. The Labute approximate surface area is 179 Å². The van der Waals surface area contributed by atoms with Crippen molar-refractivity contribution < 1.29 is 23.5 Å². The molecular formula is C23H24FN3O4. The van der Waals surface area contributed by atoms with Crippen LogP contribution in [-0.4, -0.2) is 35.1 Å². The summed E-state index contributed by atoms with van der Waals surface area (Å²) in [4.78, 5) is 37.2. The number of esters is 1. The highest BCUT2D eigenvalue weighted by Gasteiger charge is 2.27. The second-order valence-electron chi connectivity index (χ2n) is 7.07. The van der Waals surface area contributed by atoms with Crippen LogP contribution in [0.15, 0.2) is 59.7 Å². The van der Waals surface area contributed by atoms with Gasteiger partial charge in [-0.2, -0.15) is 5.10 Å². The summed E-state index contributed by atoms with van der Waals surface area (Å²) in [5.74, 6) is -1.46. The molecule has 0 bridgehead atoms. The number of amides is 2. The van der Waals surface area contributed by atoms with E-state index in [1.165, 1.54) is 17.1 Å². The Morgan fingerprint density at radius 3 is 2.52 bits per heavy atom. The molecule has 0 saturated carbocycles. The summed E-state index contributed by atoms with van der Waals surface area (Å²) in [5.41, 5.74) is 1.66. The Bertz CT molecular complexity index is 961. The van der Waals surface area contributed by atoms with Gasteiger partial charge in [0.2, 0.25) is 5.91 Å². The molecule has 3 rings (SSSR count). The zero-order valence-electron chi connectivity index (χ0n) is 17.2. The molecule has 0 spiro atoms. The van der Waals surface area contributed by atoms with E-state index in [1.807, 2.05) is 30.3 Å². The molecule has 1 heterocycles. The molecule has 7 nitrogen and oxygen atoms in total. The number of rotatable bonds is 8. The van der Waals surface area contributed by atoms with Crippen LogP contribution >= 0.6 is 0 Å². The number of nitrogens with zero attached hydrogens (tertiary/aromatic N) is 2. The lowest BCUT2D eigenvalue weighted by atomic mass is 10.0. The van der Waals surface area contributed by atoms with E-state index in [1.54, 1.807) is 19.1 Å². The van der Waals surface area contributed by atoms with Gasteiger partial charge in [0.1, 0.15) is 11.5 Å². The Hall–Kier alpha value is -3.55. The number of nitrogens with one attached hydrogen (secondary N) is 1. The summed E-state index contributed by atoms with van der Waals surface area (Å²) in [6.07, 6.45) is 0.321. The van der Waals surface area contributed by atoms with Crippen LogP contribution in [0.1, 0.15) is 43.4 Å². The van der Waals surface area contributed by atoms with Crippen LogP contribution in [0.5, 0.6) is 0 Å². The SMILES string of the molecule is CCOC(=O)CC(NC(=O)C1=NN(Cc2ccc(F)cc2)C(=O)CC1)c1ccccc1. The molecule has 2 aromatic carbocycles. The molecule has 2 amide bonds. The van der Waals surface area contributed by atoms with E-state index in [2.05, 4.69) is 10.4 Å². The molecule has 1 atom stereocenters. The van der Waals surface area contributed by atoms with Gasteiger partial charge >= 0.3 is 5.97 Å².